The van der Waals surface area contributed by atoms with Gasteiger partial charge in [-0.3, -0.25) is 5.10 Å². The maximum Gasteiger partial charge on any atom is 0.357 e. The molecule has 0 spiro atoms. The molecule has 1 fully saturated rings. The topological polar surface area (TPSA) is 112 Å². The molecule has 7 nitrogen and oxygen atoms in total. The van der Waals surface area contributed by atoms with E-state index in [1.807, 2.05) is 6.92 Å². The minimum atomic E-state index is -3.84. The normalized spacial score (nSPS) is 17.7. The van der Waals surface area contributed by atoms with Crippen molar-refractivity contribution in [1.29, 1.82) is 0 Å². The summed E-state index contributed by atoms with van der Waals surface area (Å²) in [6, 6.07) is 0. The van der Waals surface area contributed by atoms with E-state index in [0.29, 0.717) is 6.54 Å². The van der Waals surface area contributed by atoms with Gasteiger partial charge in [0.1, 0.15) is 4.90 Å². The number of hydrogen-bond donors (Lipinski definition) is 3. The minimum Gasteiger partial charge on any atom is -0.476 e. The lowest BCUT2D eigenvalue weighted by molar-refractivity contribution is 0.0686. The fourth-order valence-electron chi connectivity index (χ4n) is 1.62. The number of carboxylic acids is 1. The molecule has 0 bridgehead atoms. The van der Waals surface area contributed by atoms with E-state index in [9.17, 15) is 13.2 Å². The molecule has 0 atom stereocenters. The van der Waals surface area contributed by atoms with Crippen LogP contribution in [0.2, 0.25) is 0 Å². The van der Waals surface area contributed by atoms with Gasteiger partial charge in [-0.15, -0.1) is 0 Å². The molecule has 0 radical (unpaired) electrons. The summed E-state index contributed by atoms with van der Waals surface area (Å²) in [7, 11) is -3.84. The Kier molecular flexibility index (Phi) is 2.94. The molecule has 0 saturated heterocycles. The van der Waals surface area contributed by atoms with Crippen LogP contribution < -0.4 is 4.72 Å². The molecule has 1 aromatic heterocycles. The molecule has 0 aliphatic heterocycles. The fourth-order valence-corrected chi connectivity index (χ4v) is 3.14. The number of sulfonamides is 1. The summed E-state index contributed by atoms with van der Waals surface area (Å²) in [5.41, 5.74) is -0.240. The first-order valence-corrected chi connectivity index (χ1v) is 7.01. The number of H-pyrrole nitrogens is 1. The maximum absolute atomic E-state index is 12.1. The fraction of sp³-hybridized carbons (Fsp3) is 0.600. The third-order valence-electron chi connectivity index (χ3n) is 3.15. The summed E-state index contributed by atoms with van der Waals surface area (Å²) in [6.07, 6.45) is 1.96. The SMILES string of the molecule is Cc1[nH]nc(C(=O)O)c1S(=O)(=O)NCC1(C)CC1. The molecule has 1 aliphatic carbocycles. The van der Waals surface area contributed by atoms with Crippen LogP contribution in [0.5, 0.6) is 0 Å². The van der Waals surface area contributed by atoms with Crippen molar-refractivity contribution < 1.29 is 18.3 Å². The van der Waals surface area contributed by atoms with Gasteiger partial charge in [0.25, 0.3) is 0 Å². The van der Waals surface area contributed by atoms with Crippen molar-refractivity contribution in [2.24, 2.45) is 5.41 Å². The number of rotatable bonds is 5. The second-order valence-electron chi connectivity index (χ2n) is 4.97. The summed E-state index contributed by atoms with van der Waals surface area (Å²) >= 11 is 0. The standard InChI is InChI=1S/C10H15N3O4S/c1-6-8(7(9(14)15)13-12-6)18(16,17)11-5-10(2)3-4-10/h11H,3-5H2,1-2H3,(H,12,13)(H,14,15). The summed E-state index contributed by atoms with van der Waals surface area (Å²) < 4.78 is 26.6. The molecule has 8 heteroatoms. The van der Waals surface area contributed by atoms with Crippen LogP contribution in [0.15, 0.2) is 4.90 Å². The van der Waals surface area contributed by atoms with Crippen LogP contribution in [0.3, 0.4) is 0 Å². The minimum absolute atomic E-state index is 0.00803. The predicted molar refractivity (Wildman–Crippen MR) is 62.8 cm³/mol. The highest BCUT2D eigenvalue weighted by Gasteiger charge is 2.39. The Bertz CT molecular complexity index is 586. The Morgan fingerprint density at radius 2 is 2.17 bits per heavy atom. The van der Waals surface area contributed by atoms with Crippen LogP contribution in [0.25, 0.3) is 0 Å². The van der Waals surface area contributed by atoms with Crippen molar-refractivity contribution in [2.75, 3.05) is 6.54 Å². The predicted octanol–water partition coefficient (Wildman–Crippen LogP) is 0.495. The van der Waals surface area contributed by atoms with Gasteiger partial charge in [-0.25, -0.2) is 17.9 Å². The third kappa shape index (κ3) is 2.39. The van der Waals surface area contributed by atoms with E-state index in [1.54, 1.807) is 0 Å². The van der Waals surface area contributed by atoms with E-state index in [1.165, 1.54) is 6.92 Å². The number of nitrogens with zero attached hydrogens (tertiary/aromatic N) is 1. The highest BCUT2D eigenvalue weighted by molar-refractivity contribution is 7.89. The molecular formula is C10H15N3O4S. The molecule has 100 valence electrons. The molecule has 0 unspecified atom stereocenters. The van der Waals surface area contributed by atoms with Crippen molar-refractivity contribution in [3.63, 3.8) is 0 Å². The number of aromatic amines is 1. The van der Waals surface area contributed by atoms with E-state index < -0.39 is 21.7 Å². The molecule has 0 aromatic carbocycles. The first-order chi connectivity index (χ1) is 8.25. The van der Waals surface area contributed by atoms with Crippen LogP contribution in [0.1, 0.15) is 35.9 Å². The summed E-state index contributed by atoms with van der Waals surface area (Å²) in [5.74, 6) is -1.36. The van der Waals surface area contributed by atoms with Gasteiger partial charge in [0.15, 0.2) is 5.69 Å². The molecule has 1 aliphatic rings. The van der Waals surface area contributed by atoms with E-state index in [4.69, 9.17) is 5.11 Å². The lowest BCUT2D eigenvalue weighted by Gasteiger charge is -2.10. The monoisotopic (exact) mass is 273 g/mol. The smallest absolute Gasteiger partial charge is 0.357 e. The summed E-state index contributed by atoms with van der Waals surface area (Å²) in [6.45, 7) is 3.78. The number of hydrogen-bond acceptors (Lipinski definition) is 4. The molecule has 1 heterocycles. The van der Waals surface area contributed by atoms with Crippen molar-refractivity contribution in [3.05, 3.63) is 11.4 Å². The Hall–Kier alpha value is -1.41. The van der Waals surface area contributed by atoms with Crippen molar-refractivity contribution in [3.8, 4) is 0 Å². The zero-order chi connectivity index (χ0) is 13.6. The van der Waals surface area contributed by atoms with Crippen LogP contribution in [0.4, 0.5) is 0 Å². The first-order valence-electron chi connectivity index (χ1n) is 5.53. The Balaban J connectivity index is 2.28. The summed E-state index contributed by atoms with van der Waals surface area (Å²) in [5, 5.41) is 14.8. The van der Waals surface area contributed by atoms with E-state index in [2.05, 4.69) is 14.9 Å². The molecule has 0 amide bonds. The number of aromatic nitrogens is 2. The van der Waals surface area contributed by atoms with Gasteiger partial charge < -0.3 is 5.11 Å². The van der Waals surface area contributed by atoms with Crippen LogP contribution >= 0.6 is 0 Å². The summed E-state index contributed by atoms with van der Waals surface area (Å²) in [4.78, 5) is 10.6. The van der Waals surface area contributed by atoms with Gasteiger partial charge in [0.2, 0.25) is 10.0 Å². The number of aryl methyl sites for hydroxylation is 1. The second-order valence-corrected chi connectivity index (χ2v) is 6.67. The van der Waals surface area contributed by atoms with Gasteiger partial charge in [0, 0.05) is 6.54 Å². The maximum atomic E-state index is 12.1. The van der Waals surface area contributed by atoms with E-state index in [-0.39, 0.29) is 16.0 Å². The number of nitrogens with one attached hydrogen (secondary N) is 2. The molecule has 1 aromatic rings. The van der Waals surface area contributed by atoms with E-state index in [0.717, 1.165) is 12.8 Å². The molecule has 3 N–H and O–H groups in total. The highest BCUT2D eigenvalue weighted by atomic mass is 32.2. The number of carboxylic acid groups (broad SMARTS) is 1. The van der Waals surface area contributed by atoms with Crippen LogP contribution in [-0.2, 0) is 10.0 Å². The Morgan fingerprint density at radius 3 is 2.67 bits per heavy atom. The van der Waals surface area contributed by atoms with Gasteiger partial charge in [0.05, 0.1) is 5.69 Å². The van der Waals surface area contributed by atoms with Crippen molar-refractivity contribution >= 4 is 16.0 Å². The quantitative estimate of drug-likeness (QED) is 0.723. The third-order valence-corrected chi connectivity index (χ3v) is 4.72. The molecule has 18 heavy (non-hydrogen) atoms. The second kappa shape index (κ2) is 4.06. The van der Waals surface area contributed by atoms with Crippen molar-refractivity contribution in [2.45, 2.75) is 31.6 Å². The highest BCUT2D eigenvalue weighted by Crippen LogP contribution is 2.44. The molecular weight excluding hydrogens is 258 g/mol. The number of aromatic carboxylic acids is 1. The van der Waals surface area contributed by atoms with Gasteiger partial charge in [-0.05, 0) is 25.2 Å². The lowest BCUT2D eigenvalue weighted by Crippen LogP contribution is -2.30. The van der Waals surface area contributed by atoms with Crippen molar-refractivity contribution in [1.82, 2.24) is 14.9 Å². The first kappa shape index (κ1) is 13.0. The van der Waals surface area contributed by atoms with Gasteiger partial charge >= 0.3 is 5.97 Å². The van der Waals surface area contributed by atoms with E-state index >= 15 is 0 Å². The Morgan fingerprint density at radius 1 is 1.56 bits per heavy atom. The zero-order valence-electron chi connectivity index (χ0n) is 10.1. The lowest BCUT2D eigenvalue weighted by atomic mass is 10.2. The average molecular weight is 273 g/mol. The van der Waals surface area contributed by atoms with Gasteiger partial charge in [-0.2, -0.15) is 5.10 Å². The molecule has 2 rings (SSSR count). The van der Waals surface area contributed by atoms with Crippen LogP contribution in [0, 0.1) is 12.3 Å². The zero-order valence-corrected chi connectivity index (χ0v) is 11.0. The van der Waals surface area contributed by atoms with Gasteiger partial charge in [-0.1, -0.05) is 6.92 Å². The Labute approximate surface area is 105 Å². The number of carbonyl (C=O) groups is 1. The average Bonchev–Trinajstić information content (AvgIpc) is 2.85. The van der Waals surface area contributed by atoms with Crippen LogP contribution in [-0.4, -0.2) is 36.2 Å². The molecule has 1 saturated carbocycles. The largest absolute Gasteiger partial charge is 0.476 e.